The molecule has 2 aromatic rings. The van der Waals surface area contributed by atoms with Gasteiger partial charge in [0, 0.05) is 18.9 Å². The van der Waals surface area contributed by atoms with Gasteiger partial charge in [-0.2, -0.15) is 18.2 Å². The quantitative estimate of drug-likeness (QED) is 0.755. The molecular weight excluding hydrogens is 347 g/mol. The second-order valence-electron chi connectivity index (χ2n) is 6.59. The molecule has 0 N–H and O–H groups in total. The van der Waals surface area contributed by atoms with Gasteiger partial charge in [0.2, 0.25) is 0 Å². The van der Waals surface area contributed by atoms with Crippen molar-refractivity contribution in [3.8, 4) is 11.8 Å². The van der Waals surface area contributed by atoms with Crippen LogP contribution in [0.25, 0.3) is 0 Å². The first-order chi connectivity index (χ1) is 12.0. The fraction of sp³-hybridized carbons (Fsp3) is 0.444. The van der Waals surface area contributed by atoms with Crippen molar-refractivity contribution in [1.29, 1.82) is 0 Å². The lowest BCUT2D eigenvalue weighted by molar-refractivity contribution is -0.137. The van der Waals surface area contributed by atoms with Crippen LogP contribution in [0.4, 0.5) is 24.7 Å². The third-order valence-electron chi connectivity index (χ3n) is 3.30. The number of hydrogen-bond acceptors (Lipinski definition) is 5. The Bertz CT molecular complexity index is 741. The molecule has 1 aromatic heterocycles. The van der Waals surface area contributed by atoms with E-state index in [1.165, 1.54) is 11.9 Å². The van der Waals surface area contributed by atoms with Crippen LogP contribution >= 0.6 is 0 Å². The maximum atomic E-state index is 13.4. The predicted molar refractivity (Wildman–Crippen MR) is 93.1 cm³/mol. The highest BCUT2D eigenvalue weighted by atomic mass is 19.4. The molecule has 5 nitrogen and oxygen atoms in total. The van der Waals surface area contributed by atoms with E-state index in [1.807, 2.05) is 6.92 Å². The average Bonchev–Trinajstić information content (AvgIpc) is 2.52. The number of anilines is 2. The molecule has 0 saturated heterocycles. The van der Waals surface area contributed by atoms with Gasteiger partial charge in [-0.25, -0.2) is 4.98 Å². The van der Waals surface area contributed by atoms with Crippen LogP contribution in [-0.2, 0) is 6.18 Å². The van der Waals surface area contributed by atoms with Crippen LogP contribution in [0.2, 0.25) is 0 Å². The summed E-state index contributed by atoms with van der Waals surface area (Å²) in [6.07, 6.45) is -3.84. The lowest BCUT2D eigenvalue weighted by Crippen LogP contribution is -2.26. The van der Waals surface area contributed by atoms with Crippen LogP contribution in [-0.4, -0.2) is 29.2 Å². The van der Waals surface area contributed by atoms with E-state index in [-0.39, 0.29) is 11.8 Å². The molecule has 0 amide bonds. The molecule has 26 heavy (non-hydrogen) atoms. The number of ether oxygens (including phenoxy) is 2. The Balaban J connectivity index is 2.44. The van der Waals surface area contributed by atoms with Gasteiger partial charge in [-0.15, -0.1) is 0 Å². The largest absolute Gasteiger partial charge is 0.494 e. The van der Waals surface area contributed by atoms with Crippen molar-refractivity contribution in [3.63, 3.8) is 0 Å². The summed E-state index contributed by atoms with van der Waals surface area (Å²) in [6.45, 7) is 7.66. The van der Waals surface area contributed by atoms with E-state index < -0.39 is 17.3 Å². The number of hydrogen-bond donors (Lipinski definition) is 0. The molecule has 0 aliphatic heterocycles. The third-order valence-corrected chi connectivity index (χ3v) is 3.30. The molecule has 0 spiro atoms. The Morgan fingerprint density at radius 2 is 1.69 bits per heavy atom. The van der Waals surface area contributed by atoms with Gasteiger partial charge >= 0.3 is 12.2 Å². The fourth-order valence-electron chi connectivity index (χ4n) is 2.19. The lowest BCUT2D eigenvalue weighted by Gasteiger charge is -2.24. The van der Waals surface area contributed by atoms with Crippen molar-refractivity contribution >= 4 is 11.5 Å². The number of aromatic nitrogens is 2. The Morgan fingerprint density at radius 1 is 1.08 bits per heavy atom. The zero-order chi connectivity index (χ0) is 19.5. The van der Waals surface area contributed by atoms with Crippen molar-refractivity contribution < 1.29 is 22.6 Å². The minimum atomic E-state index is -4.59. The molecule has 0 aliphatic carbocycles. The number of rotatable bonds is 5. The Morgan fingerprint density at radius 3 is 2.19 bits per heavy atom. The monoisotopic (exact) mass is 369 g/mol. The summed E-state index contributed by atoms with van der Waals surface area (Å²) in [7, 11) is 1.51. The first kappa shape index (κ1) is 19.8. The van der Waals surface area contributed by atoms with Crippen LogP contribution in [0.5, 0.6) is 11.8 Å². The number of benzene rings is 1. The minimum absolute atomic E-state index is 0.113. The molecule has 0 bridgehead atoms. The SMILES string of the molecule is CCOc1ccc(N(C)c2nc(OC(C)(C)C)ncc2C(F)(F)F)cc1. The number of halogens is 3. The van der Waals surface area contributed by atoms with Crippen molar-refractivity contribution in [2.45, 2.75) is 39.5 Å². The molecule has 1 aromatic carbocycles. The summed E-state index contributed by atoms with van der Waals surface area (Å²) in [5, 5.41) is 0. The zero-order valence-electron chi connectivity index (χ0n) is 15.4. The highest BCUT2D eigenvalue weighted by Crippen LogP contribution is 2.38. The van der Waals surface area contributed by atoms with Gasteiger partial charge in [-0.05, 0) is 52.0 Å². The molecule has 0 atom stereocenters. The van der Waals surface area contributed by atoms with E-state index in [0.29, 0.717) is 18.0 Å². The molecule has 0 radical (unpaired) electrons. The molecule has 0 fully saturated rings. The van der Waals surface area contributed by atoms with E-state index >= 15 is 0 Å². The number of alkyl halides is 3. The molecule has 142 valence electrons. The average molecular weight is 369 g/mol. The van der Waals surface area contributed by atoms with Crippen LogP contribution in [0.15, 0.2) is 30.5 Å². The molecule has 1 heterocycles. The highest BCUT2D eigenvalue weighted by molar-refractivity contribution is 5.63. The second kappa shape index (κ2) is 7.39. The summed E-state index contributed by atoms with van der Waals surface area (Å²) in [4.78, 5) is 9.05. The van der Waals surface area contributed by atoms with Gasteiger partial charge in [0.15, 0.2) is 5.82 Å². The normalized spacial score (nSPS) is 12.0. The number of nitrogens with zero attached hydrogens (tertiary/aromatic N) is 3. The van der Waals surface area contributed by atoms with Gasteiger partial charge in [0.25, 0.3) is 0 Å². The maximum absolute atomic E-state index is 13.4. The highest BCUT2D eigenvalue weighted by Gasteiger charge is 2.37. The van der Waals surface area contributed by atoms with Crippen molar-refractivity contribution in [1.82, 2.24) is 9.97 Å². The minimum Gasteiger partial charge on any atom is -0.494 e. The topological polar surface area (TPSA) is 47.5 Å². The maximum Gasteiger partial charge on any atom is 0.421 e. The van der Waals surface area contributed by atoms with Crippen LogP contribution in [0, 0.1) is 0 Å². The van der Waals surface area contributed by atoms with Gasteiger partial charge in [-0.1, -0.05) is 0 Å². The predicted octanol–water partition coefficient (Wildman–Crippen LogP) is 4.84. The Hall–Kier alpha value is -2.51. The molecule has 0 aliphatic rings. The standard InChI is InChI=1S/C18H22F3N3O2/c1-6-25-13-9-7-12(8-10-13)24(5)15-14(18(19,20)21)11-22-16(23-15)26-17(2,3)4/h7-11H,6H2,1-5H3. The summed E-state index contributed by atoms with van der Waals surface area (Å²) >= 11 is 0. The Kier molecular flexibility index (Phi) is 5.63. The first-order valence-corrected chi connectivity index (χ1v) is 8.11. The van der Waals surface area contributed by atoms with E-state index in [2.05, 4.69) is 9.97 Å². The third kappa shape index (κ3) is 5.00. The van der Waals surface area contributed by atoms with Gasteiger partial charge < -0.3 is 14.4 Å². The van der Waals surface area contributed by atoms with Crippen LogP contribution in [0.3, 0.4) is 0 Å². The van der Waals surface area contributed by atoms with Crippen molar-refractivity contribution in [2.75, 3.05) is 18.6 Å². The second-order valence-corrected chi connectivity index (χ2v) is 6.59. The van der Waals surface area contributed by atoms with Crippen molar-refractivity contribution in [3.05, 3.63) is 36.0 Å². The summed E-state index contributed by atoms with van der Waals surface area (Å²) in [5.41, 5.74) is -1.04. The van der Waals surface area contributed by atoms with Crippen LogP contribution < -0.4 is 14.4 Å². The lowest BCUT2D eigenvalue weighted by atomic mass is 10.2. The van der Waals surface area contributed by atoms with E-state index in [4.69, 9.17) is 9.47 Å². The zero-order valence-corrected chi connectivity index (χ0v) is 15.4. The Labute approximate surface area is 150 Å². The molecule has 0 unspecified atom stereocenters. The van der Waals surface area contributed by atoms with Gasteiger partial charge in [0.05, 0.1) is 6.61 Å². The fourth-order valence-corrected chi connectivity index (χ4v) is 2.19. The summed E-state index contributed by atoms with van der Waals surface area (Å²) in [6, 6.07) is 6.60. The molecular formula is C18H22F3N3O2. The van der Waals surface area contributed by atoms with E-state index in [1.54, 1.807) is 45.0 Å². The van der Waals surface area contributed by atoms with E-state index in [0.717, 1.165) is 6.20 Å². The molecule has 8 heteroatoms. The van der Waals surface area contributed by atoms with Crippen molar-refractivity contribution in [2.24, 2.45) is 0 Å². The van der Waals surface area contributed by atoms with Gasteiger partial charge in [0.1, 0.15) is 16.9 Å². The van der Waals surface area contributed by atoms with Crippen LogP contribution in [0.1, 0.15) is 33.3 Å². The van der Waals surface area contributed by atoms with Gasteiger partial charge in [-0.3, -0.25) is 0 Å². The van der Waals surface area contributed by atoms with E-state index in [9.17, 15) is 13.2 Å². The first-order valence-electron chi connectivity index (χ1n) is 8.11. The summed E-state index contributed by atoms with van der Waals surface area (Å²) < 4.78 is 51.0. The smallest absolute Gasteiger partial charge is 0.421 e. The molecule has 0 saturated carbocycles. The molecule has 2 rings (SSSR count). The summed E-state index contributed by atoms with van der Waals surface area (Å²) in [5.74, 6) is 0.357.